The molecule has 1 aromatic carbocycles. The van der Waals surface area contributed by atoms with Crippen molar-refractivity contribution in [3.63, 3.8) is 0 Å². The Hall–Kier alpha value is -2.11. The maximum atomic E-state index is 11.7. The molecule has 120 valence electrons. The number of carbonyl (C=O) groups excluding carboxylic acids is 1. The van der Waals surface area contributed by atoms with E-state index in [1.54, 1.807) is 6.07 Å². The van der Waals surface area contributed by atoms with E-state index >= 15 is 0 Å². The zero-order chi connectivity index (χ0) is 16.3. The van der Waals surface area contributed by atoms with Crippen molar-refractivity contribution >= 4 is 17.3 Å². The summed E-state index contributed by atoms with van der Waals surface area (Å²) in [6.45, 7) is 6.12. The number of hydrogen-bond acceptors (Lipinski definition) is 4. The Morgan fingerprint density at radius 1 is 1.50 bits per heavy atom. The first-order valence-corrected chi connectivity index (χ1v) is 7.69. The summed E-state index contributed by atoms with van der Waals surface area (Å²) in [4.78, 5) is 24.2. The topological polar surface area (TPSA) is 89.5 Å². The summed E-state index contributed by atoms with van der Waals surface area (Å²) >= 11 is 0. The van der Waals surface area contributed by atoms with Gasteiger partial charge in [-0.15, -0.1) is 0 Å². The predicted octanol–water partition coefficient (Wildman–Crippen LogP) is 3.10. The molecule has 1 heterocycles. The number of primary amides is 1. The molecule has 0 radical (unpaired) electrons. The normalized spacial score (nSPS) is 21.6. The van der Waals surface area contributed by atoms with Crippen molar-refractivity contribution < 1.29 is 9.72 Å². The minimum atomic E-state index is -0.624. The van der Waals surface area contributed by atoms with Gasteiger partial charge in [0.25, 0.3) is 11.6 Å². The Kier molecular flexibility index (Phi) is 4.68. The Morgan fingerprint density at radius 2 is 2.23 bits per heavy atom. The number of nitrogens with zero attached hydrogens (tertiary/aromatic N) is 2. The summed E-state index contributed by atoms with van der Waals surface area (Å²) in [6, 6.07) is 4.37. The van der Waals surface area contributed by atoms with Crippen molar-refractivity contribution in [2.75, 3.05) is 18.0 Å². The summed E-state index contributed by atoms with van der Waals surface area (Å²) in [5.41, 5.74) is 6.47. The summed E-state index contributed by atoms with van der Waals surface area (Å²) in [5, 5.41) is 10.9. The van der Waals surface area contributed by atoms with E-state index in [1.165, 1.54) is 12.1 Å². The highest BCUT2D eigenvalue weighted by atomic mass is 16.6. The molecule has 1 atom stereocenters. The molecular formula is C16H23N3O3. The van der Waals surface area contributed by atoms with Crippen LogP contribution in [0.2, 0.25) is 0 Å². The lowest BCUT2D eigenvalue weighted by molar-refractivity contribution is -0.384. The lowest BCUT2D eigenvalue weighted by Gasteiger charge is -2.42. The van der Waals surface area contributed by atoms with Crippen LogP contribution in [-0.2, 0) is 0 Å². The number of anilines is 1. The molecule has 6 heteroatoms. The molecule has 1 aliphatic heterocycles. The van der Waals surface area contributed by atoms with Crippen LogP contribution < -0.4 is 10.6 Å². The van der Waals surface area contributed by atoms with E-state index in [1.807, 2.05) is 0 Å². The highest BCUT2D eigenvalue weighted by Gasteiger charge is 2.31. The van der Waals surface area contributed by atoms with Gasteiger partial charge in [-0.25, -0.2) is 0 Å². The lowest BCUT2D eigenvalue weighted by atomic mass is 9.78. The largest absolute Gasteiger partial charge is 0.370 e. The van der Waals surface area contributed by atoms with Crippen molar-refractivity contribution in [1.82, 2.24) is 0 Å². The van der Waals surface area contributed by atoms with Crippen LogP contribution in [-0.4, -0.2) is 23.9 Å². The first-order chi connectivity index (χ1) is 10.4. The van der Waals surface area contributed by atoms with E-state index in [2.05, 4.69) is 18.7 Å². The number of rotatable bonds is 5. The summed E-state index contributed by atoms with van der Waals surface area (Å²) in [6.07, 6.45) is 4.46. The molecule has 2 rings (SSSR count). The number of nitro benzene ring substituents is 1. The fourth-order valence-electron chi connectivity index (χ4n) is 3.44. The summed E-state index contributed by atoms with van der Waals surface area (Å²) in [7, 11) is 0. The lowest BCUT2D eigenvalue weighted by Crippen LogP contribution is -2.42. The van der Waals surface area contributed by atoms with Crippen molar-refractivity contribution in [2.45, 2.75) is 39.5 Å². The van der Waals surface area contributed by atoms with Gasteiger partial charge in [-0.2, -0.15) is 0 Å². The number of hydrogen-bond donors (Lipinski definition) is 1. The third kappa shape index (κ3) is 3.37. The second kappa shape index (κ2) is 6.34. The predicted molar refractivity (Wildman–Crippen MR) is 86.1 cm³/mol. The molecule has 0 aliphatic carbocycles. The van der Waals surface area contributed by atoms with Gasteiger partial charge in [-0.05, 0) is 30.7 Å². The molecule has 1 fully saturated rings. The smallest absolute Gasteiger partial charge is 0.270 e. The van der Waals surface area contributed by atoms with Gasteiger partial charge in [0.1, 0.15) is 0 Å². The Bertz CT molecular complexity index is 584. The molecule has 1 unspecified atom stereocenters. The third-order valence-electron chi connectivity index (χ3n) is 4.43. The van der Waals surface area contributed by atoms with Gasteiger partial charge in [0.05, 0.1) is 16.2 Å². The number of carbonyl (C=O) groups is 1. The zero-order valence-electron chi connectivity index (χ0n) is 13.2. The second-order valence-electron chi connectivity index (χ2n) is 6.41. The molecule has 2 N–H and O–H groups in total. The number of amides is 1. The van der Waals surface area contributed by atoms with Gasteiger partial charge in [0, 0.05) is 25.2 Å². The Morgan fingerprint density at radius 3 is 2.82 bits per heavy atom. The number of nitro groups is 1. The van der Waals surface area contributed by atoms with Crippen LogP contribution >= 0.6 is 0 Å². The number of non-ortho nitro benzene ring substituents is 1. The molecule has 0 spiro atoms. The molecule has 0 saturated carbocycles. The fourth-order valence-corrected chi connectivity index (χ4v) is 3.44. The Balaban J connectivity index is 2.35. The molecule has 1 aromatic rings. The van der Waals surface area contributed by atoms with E-state index in [4.69, 9.17) is 5.73 Å². The van der Waals surface area contributed by atoms with E-state index in [-0.39, 0.29) is 16.7 Å². The van der Waals surface area contributed by atoms with E-state index in [9.17, 15) is 14.9 Å². The van der Waals surface area contributed by atoms with Crippen LogP contribution in [0.15, 0.2) is 18.2 Å². The van der Waals surface area contributed by atoms with Crippen molar-refractivity contribution in [2.24, 2.45) is 11.1 Å². The highest BCUT2D eigenvalue weighted by molar-refractivity contribution is 5.99. The third-order valence-corrected chi connectivity index (χ3v) is 4.43. The van der Waals surface area contributed by atoms with Crippen LogP contribution in [0.5, 0.6) is 0 Å². The van der Waals surface area contributed by atoms with E-state index in [0.29, 0.717) is 5.69 Å². The Labute approximate surface area is 130 Å². The monoisotopic (exact) mass is 305 g/mol. The first-order valence-electron chi connectivity index (χ1n) is 7.69. The standard InChI is InChI=1S/C16H23N3O3/c1-3-7-16(2)8-4-9-18(11-16)14-6-5-12(19(21)22)10-13(14)15(17)20/h5-6,10H,3-4,7-9,11H2,1-2H3,(H2,17,20). The maximum absolute atomic E-state index is 11.7. The zero-order valence-corrected chi connectivity index (χ0v) is 13.2. The van der Waals surface area contributed by atoms with Crippen molar-refractivity contribution in [3.8, 4) is 0 Å². The first kappa shape index (κ1) is 16.3. The molecule has 1 aliphatic rings. The van der Waals surface area contributed by atoms with Gasteiger partial charge in [-0.3, -0.25) is 14.9 Å². The SMILES string of the molecule is CCCC1(C)CCCN(c2ccc([N+](=O)[O-])cc2C(N)=O)C1. The number of piperidine rings is 1. The van der Waals surface area contributed by atoms with Crippen LogP contribution in [0.4, 0.5) is 11.4 Å². The molecule has 0 bridgehead atoms. The van der Waals surface area contributed by atoms with Gasteiger partial charge < -0.3 is 10.6 Å². The quantitative estimate of drug-likeness (QED) is 0.668. The van der Waals surface area contributed by atoms with Gasteiger partial charge in [0.2, 0.25) is 0 Å². The van der Waals surface area contributed by atoms with E-state index in [0.717, 1.165) is 38.8 Å². The number of nitrogens with two attached hydrogens (primary N) is 1. The summed E-state index contributed by atoms with van der Waals surface area (Å²) in [5.74, 6) is -0.624. The average Bonchev–Trinajstić information content (AvgIpc) is 2.46. The molecule has 22 heavy (non-hydrogen) atoms. The molecule has 0 aromatic heterocycles. The minimum absolute atomic E-state index is 0.106. The second-order valence-corrected chi connectivity index (χ2v) is 6.41. The van der Waals surface area contributed by atoms with Crippen LogP contribution in [0.3, 0.4) is 0 Å². The molecule has 6 nitrogen and oxygen atoms in total. The highest BCUT2D eigenvalue weighted by Crippen LogP contribution is 2.37. The maximum Gasteiger partial charge on any atom is 0.270 e. The van der Waals surface area contributed by atoms with Gasteiger partial charge >= 0.3 is 0 Å². The minimum Gasteiger partial charge on any atom is -0.370 e. The van der Waals surface area contributed by atoms with Crippen LogP contribution in [0, 0.1) is 15.5 Å². The van der Waals surface area contributed by atoms with Gasteiger partial charge in [-0.1, -0.05) is 20.3 Å². The molecular weight excluding hydrogens is 282 g/mol. The van der Waals surface area contributed by atoms with Crippen molar-refractivity contribution in [3.05, 3.63) is 33.9 Å². The average molecular weight is 305 g/mol. The molecule has 1 saturated heterocycles. The number of benzene rings is 1. The summed E-state index contributed by atoms with van der Waals surface area (Å²) < 4.78 is 0. The van der Waals surface area contributed by atoms with Crippen molar-refractivity contribution in [1.29, 1.82) is 0 Å². The van der Waals surface area contributed by atoms with E-state index < -0.39 is 10.8 Å². The molecule has 1 amide bonds. The van der Waals surface area contributed by atoms with Gasteiger partial charge in [0.15, 0.2) is 0 Å². The van der Waals surface area contributed by atoms with Crippen LogP contribution in [0.1, 0.15) is 49.9 Å². The van der Waals surface area contributed by atoms with Crippen LogP contribution in [0.25, 0.3) is 0 Å². The fraction of sp³-hybridized carbons (Fsp3) is 0.562.